The summed E-state index contributed by atoms with van der Waals surface area (Å²) < 4.78 is 26.7. The van der Waals surface area contributed by atoms with E-state index < -0.39 is 17.7 Å². The number of phenols is 1. The van der Waals surface area contributed by atoms with Crippen LogP contribution in [-0.2, 0) is 0 Å². The lowest BCUT2D eigenvalue weighted by Gasteiger charge is -2.28. The number of hydrogen-bond acceptors (Lipinski definition) is 3. The average molecular weight is 331 g/mol. The summed E-state index contributed by atoms with van der Waals surface area (Å²) in [4.78, 5) is 2.03. The smallest absolute Gasteiger partial charge is 0.131 e. The van der Waals surface area contributed by atoms with Crippen molar-refractivity contribution in [3.05, 3.63) is 71.3 Å². The fourth-order valence-electron chi connectivity index (χ4n) is 2.93. The van der Waals surface area contributed by atoms with Gasteiger partial charge in [-0.1, -0.05) is 24.3 Å². The predicted molar refractivity (Wildman–Crippen MR) is 88.5 cm³/mol. The second-order valence-corrected chi connectivity index (χ2v) is 5.97. The molecule has 126 valence electrons. The van der Waals surface area contributed by atoms with Gasteiger partial charge in [0.05, 0.1) is 6.10 Å². The van der Waals surface area contributed by atoms with Crippen molar-refractivity contribution in [2.45, 2.75) is 12.5 Å². The van der Waals surface area contributed by atoms with Crippen LogP contribution >= 0.6 is 0 Å². The Hall–Kier alpha value is -2.24. The summed E-state index contributed by atoms with van der Waals surface area (Å²) >= 11 is 0. The van der Waals surface area contributed by atoms with E-state index in [1.807, 2.05) is 17.0 Å². The number of halogens is 2. The Kier molecular flexibility index (Phi) is 4.92. The van der Waals surface area contributed by atoms with Gasteiger partial charge in [0, 0.05) is 31.3 Å². The van der Waals surface area contributed by atoms with E-state index in [0.717, 1.165) is 30.7 Å². The molecule has 0 spiro atoms. The minimum absolute atomic E-state index is 0.115. The highest BCUT2D eigenvalue weighted by atomic mass is 19.1. The maximum absolute atomic E-state index is 13.7. The molecule has 0 aromatic heterocycles. The lowest BCUT2D eigenvalue weighted by atomic mass is 9.99. The van der Waals surface area contributed by atoms with Gasteiger partial charge in [-0.05, 0) is 35.8 Å². The quantitative estimate of drug-likeness (QED) is 0.901. The topological polar surface area (TPSA) is 43.7 Å². The third kappa shape index (κ3) is 3.80. The first-order chi connectivity index (χ1) is 11.5. The highest BCUT2D eigenvalue weighted by Crippen LogP contribution is 2.26. The van der Waals surface area contributed by atoms with E-state index in [4.69, 9.17) is 0 Å². The molecule has 1 atom stereocenters. The van der Waals surface area contributed by atoms with Crippen molar-refractivity contribution in [1.82, 2.24) is 4.90 Å². The molecule has 0 radical (unpaired) electrons. The lowest BCUT2D eigenvalue weighted by molar-refractivity contribution is 0.116. The molecule has 1 unspecified atom stereocenters. The Morgan fingerprint density at radius 1 is 1.08 bits per heavy atom. The van der Waals surface area contributed by atoms with Crippen LogP contribution in [0.15, 0.2) is 48.5 Å². The van der Waals surface area contributed by atoms with Gasteiger partial charge in [-0.2, -0.15) is 0 Å². The lowest BCUT2D eigenvalue weighted by Crippen LogP contribution is -2.32. The largest absolute Gasteiger partial charge is 0.508 e. The van der Waals surface area contributed by atoms with Gasteiger partial charge < -0.3 is 10.2 Å². The SMILES string of the molecule is Oc1ccc(C2=CCN(CC(O)c3ccc(F)cc3F)CC2)cc1. The van der Waals surface area contributed by atoms with Crippen molar-refractivity contribution in [3.8, 4) is 5.75 Å². The van der Waals surface area contributed by atoms with Crippen molar-refractivity contribution in [1.29, 1.82) is 0 Å². The van der Waals surface area contributed by atoms with Crippen LogP contribution < -0.4 is 0 Å². The maximum atomic E-state index is 13.7. The number of nitrogens with zero attached hydrogens (tertiary/aromatic N) is 1. The Bertz CT molecular complexity index is 744. The van der Waals surface area contributed by atoms with Crippen LogP contribution in [0.2, 0.25) is 0 Å². The highest BCUT2D eigenvalue weighted by molar-refractivity contribution is 5.67. The second-order valence-electron chi connectivity index (χ2n) is 5.97. The van der Waals surface area contributed by atoms with Crippen molar-refractivity contribution in [3.63, 3.8) is 0 Å². The fourth-order valence-corrected chi connectivity index (χ4v) is 2.93. The zero-order valence-corrected chi connectivity index (χ0v) is 13.1. The van der Waals surface area contributed by atoms with Crippen molar-refractivity contribution in [2.75, 3.05) is 19.6 Å². The summed E-state index contributed by atoms with van der Waals surface area (Å²) in [5.41, 5.74) is 2.37. The summed E-state index contributed by atoms with van der Waals surface area (Å²) in [5, 5.41) is 19.5. The van der Waals surface area contributed by atoms with Crippen LogP contribution in [0.3, 0.4) is 0 Å². The third-order valence-electron chi connectivity index (χ3n) is 4.28. The molecule has 0 amide bonds. The minimum Gasteiger partial charge on any atom is -0.508 e. The van der Waals surface area contributed by atoms with Gasteiger partial charge in [-0.15, -0.1) is 0 Å². The number of aromatic hydroxyl groups is 1. The zero-order valence-electron chi connectivity index (χ0n) is 13.1. The molecule has 0 saturated carbocycles. The monoisotopic (exact) mass is 331 g/mol. The molecule has 2 aromatic carbocycles. The van der Waals surface area contributed by atoms with Gasteiger partial charge in [-0.3, -0.25) is 4.90 Å². The molecule has 1 heterocycles. The highest BCUT2D eigenvalue weighted by Gasteiger charge is 2.19. The molecular formula is C19H19F2NO2. The number of rotatable bonds is 4. The van der Waals surface area contributed by atoms with Gasteiger partial charge in [-0.25, -0.2) is 8.78 Å². The van der Waals surface area contributed by atoms with Crippen LogP contribution in [0.5, 0.6) is 5.75 Å². The molecular weight excluding hydrogens is 312 g/mol. The Labute approximate surface area is 139 Å². The first-order valence-electron chi connectivity index (χ1n) is 7.87. The summed E-state index contributed by atoms with van der Waals surface area (Å²) in [7, 11) is 0. The van der Waals surface area contributed by atoms with E-state index in [1.54, 1.807) is 12.1 Å². The van der Waals surface area contributed by atoms with Crippen molar-refractivity contribution in [2.24, 2.45) is 0 Å². The number of β-amino-alcohol motifs (C(OH)–C–C–N with tert-alkyl or cyclic N) is 1. The van der Waals surface area contributed by atoms with Gasteiger partial charge in [0.15, 0.2) is 0 Å². The first-order valence-corrected chi connectivity index (χ1v) is 7.87. The molecule has 0 aliphatic carbocycles. The van der Waals surface area contributed by atoms with Gasteiger partial charge in [0.25, 0.3) is 0 Å². The second kappa shape index (κ2) is 7.11. The number of aliphatic hydroxyl groups excluding tert-OH is 1. The van der Waals surface area contributed by atoms with Crippen LogP contribution in [0.4, 0.5) is 8.78 Å². The molecule has 0 fully saturated rings. The van der Waals surface area contributed by atoms with Crippen LogP contribution in [0.1, 0.15) is 23.7 Å². The molecule has 2 N–H and O–H groups in total. The fraction of sp³-hybridized carbons (Fsp3) is 0.263. The van der Waals surface area contributed by atoms with Crippen LogP contribution in [-0.4, -0.2) is 34.7 Å². The van der Waals surface area contributed by atoms with E-state index >= 15 is 0 Å². The Morgan fingerprint density at radius 3 is 2.46 bits per heavy atom. The standard InChI is InChI=1S/C19H19F2NO2/c20-15-3-6-17(18(21)11-15)19(24)12-22-9-7-14(8-10-22)13-1-4-16(23)5-2-13/h1-7,11,19,23-24H,8-10,12H2. The third-order valence-corrected chi connectivity index (χ3v) is 4.28. The number of phenolic OH excluding ortho intramolecular Hbond substituents is 1. The molecule has 5 heteroatoms. The molecule has 0 bridgehead atoms. The molecule has 2 aromatic rings. The van der Waals surface area contributed by atoms with E-state index in [-0.39, 0.29) is 11.3 Å². The number of aliphatic hydroxyl groups is 1. The van der Waals surface area contributed by atoms with Crippen LogP contribution in [0.25, 0.3) is 5.57 Å². The normalized spacial score (nSPS) is 16.7. The summed E-state index contributed by atoms with van der Waals surface area (Å²) in [6.07, 6.45) is 1.89. The molecule has 3 rings (SSSR count). The van der Waals surface area contributed by atoms with Crippen LogP contribution in [0, 0.1) is 11.6 Å². The van der Waals surface area contributed by atoms with E-state index in [2.05, 4.69) is 6.08 Å². The van der Waals surface area contributed by atoms with E-state index in [1.165, 1.54) is 11.6 Å². The Balaban J connectivity index is 1.63. The van der Waals surface area contributed by atoms with Gasteiger partial charge >= 0.3 is 0 Å². The summed E-state index contributed by atoms with van der Waals surface area (Å²) in [5.74, 6) is -1.14. The van der Waals surface area contributed by atoms with E-state index in [9.17, 15) is 19.0 Å². The first kappa shape index (κ1) is 16.6. The van der Waals surface area contributed by atoms with Crippen molar-refractivity contribution >= 4 is 5.57 Å². The number of hydrogen-bond donors (Lipinski definition) is 2. The minimum atomic E-state index is -0.991. The molecule has 3 nitrogen and oxygen atoms in total. The maximum Gasteiger partial charge on any atom is 0.131 e. The zero-order chi connectivity index (χ0) is 17.1. The summed E-state index contributed by atoms with van der Waals surface area (Å²) in [6.45, 7) is 1.69. The summed E-state index contributed by atoms with van der Waals surface area (Å²) in [6, 6.07) is 10.3. The number of benzene rings is 2. The molecule has 1 aliphatic heterocycles. The van der Waals surface area contributed by atoms with Gasteiger partial charge in [0.2, 0.25) is 0 Å². The molecule has 1 aliphatic rings. The molecule has 0 saturated heterocycles. The Morgan fingerprint density at radius 2 is 1.83 bits per heavy atom. The van der Waals surface area contributed by atoms with Gasteiger partial charge in [0.1, 0.15) is 17.4 Å². The average Bonchev–Trinajstić information content (AvgIpc) is 2.56. The van der Waals surface area contributed by atoms with E-state index in [0.29, 0.717) is 13.1 Å². The van der Waals surface area contributed by atoms with Crippen molar-refractivity contribution < 1.29 is 19.0 Å². The predicted octanol–water partition coefficient (Wildman–Crippen LogP) is 3.49. The molecule has 24 heavy (non-hydrogen) atoms.